The molecule has 0 atom stereocenters. The van der Waals surface area contributed by atoms with Gasteiger partial charge in [-0.05, 0) is 12.1 Å². The first kappa shape index (κ1) is 14.1. The molecule has 1 aromatic carbocycles. The first-order valence-electron chi connectivity index (χ1n) is 5.70. The minimum Gasteiger partial charge on any atom is -0.493 e. The molecule has 0 bridgehead atoms. The van der Waals surface area contributed by atoms with Gasteiger partial charge in [0.05, 0.1) is 6.61 Å². The lowest BCUT2D eigenvalue weighted by atomic mass is 10.1. The summed E-state index contributed by atoms with van der Waals surface area (Å²) < 4.78 is 10.6. The van der Waals surface area contributed by atoms with E-state index in [1.165, 1.54) is 0 Å². The van der Waals surface area contributed by atoms with E-state index in [-0.39, 0.29) is 0 Å². The van der Waals surface area contributed by atoms with Crippen molar-refractivity contribution in [2.45, 2.75) is 13.0 Å². The van der Waals surface area contributed by atoms with Crippen LogP contribution in [0.25, 0.3) is 0 Å². The standard InChI is InChI=1S/C14H17NO3/c1-3-12-5-6-13(10-15-11-16)14(9-12)18-8-4-7-17-2/h1,5-6,9,11H,4,7-8,10H2,2H3,(H,15,16). The van der Waals surface area contributed by atoms with Gasteiger partial charge in [0.1, 0.15) is 5.75 Å². The van der Waals surface area contributed by atoms with Gasteiger partial charge >= 0.3 is 0 Å². The molecule has 1 N–H and O–H groups in total. The Bertz CT molecular complexity index is 424. The maximum absolute atomic E-state index is 10.3. The first-order valence-corrected chi connectivity index (χ1v) is 5.70. The van der Waals surface area contributed by atoms with Crippen LogP contribution in [0.1, 0.15) is 17.5 Å². The summed E-state index contributed by atoms with van der Waals surface area (Å²) in [7, 11) is 1.65. The Morgan fingerprint density at radius 3 is 2.94 bits per heavy atom. The fourth-order valence-electron chi connectivity index (χ4n) is 1.46. The molecule has 0 aromatic heterocycles. The number of hydrogen-bond acceptors (Lipinski definition) is 3. The van der Waals surface area contributed by atoms with Gasteiger partial charge in [0.15, 0.2) is 0 Å². The van der Waals surface area contributed by atoms with Crippen LogP contribution in [0.5, 0.6) is 5.75 Å². The molecule has 0 fully saturated rings. The highest BCUT2D eigenvalue weighted by atomic mass is 16.5. The smallest absolute Gasteiger partial charge is 0.207 e. The van der Waals surface area contributed by atoms with E-state index in [2.05, 4.69) is 11.2 Å². The van der Waals surface area contributed by atoms with Gasteiger partial charge in [0, 0.05) is 37.8 Å². The average molecular weight is 247 g/mol. The van der Waals surface area contributed by atoms with Crippen molar-refractivity contribution in [1.82, 2.24) is 5.32 Å². The largest absolute Gasteiger partial charge is 0.493 e. The lowest BCUT2D eigenvalue weighted by molar-refractivity contribution is -0.109. The quantitative estimate of drug-likeness (QED) is 0.428. The summed E-state index contributed by atoms with van der Waals surface area (Å²) in [4.78, 5) is 10.3. The summed E-state index contributed by atoms with van der Waals surface area (Å²) in [6.45, 7) is 1.63. The molecule has 4 nitrogen and oxygen atoms in total. The fourth-order valence-corrected chi connectivity index (χ4v) is 1.46. The third-order valence-electron chi connectivity index (χ3n) is 2.36. The van der Waals surface area contributed by atoms with Gasteiger partial charge in [-0.25, -0.2) is 0 Å². The zero-order valence-corrected chi connectivity index (χ0v) is 10.4. The molecule has 0 aliphatic heterocycles. The Balaban J connectivity index is 2.70. The number of amides is 1. The third kappa shape index (κ3) is 4.48. The Kier molecular flexibility index (Phi) is 6.37. The molecule has 0 radical (unpaired) electrons. The zero-order valence-electron chi connectivity index (χ0n) is 10.4. The Hall–Kier alpha value is -1.99. The number of benzene rings is 1. The van der Waals surface area contributed by atoms with E-state index in [1.54, 1.807) is 13.2 Å². The Morgan fingerprint density at radius 1 is 1.44 bits per heavy atom. The van der Waals surface area contributed by atoms with E-state index < -0.39 is 0 Å². The number of methoxy groups -OCH3 is 1. The second-order valence-electron chi connectivity index (χ2n) is 3.66. The maximum Gasteiger partial charge on any atom is 0.207 e. The van der Waals surface area contributed by atoms with Gasteiger partial charge in [0.2, 0.25) is 6.41 Å². The van der Waals surface area contributed by atoms with E-state index in [0.717, 1.165) is 17.5 Å². The number of nitrogens with one attached hydrogen (secondary N) is 1. The van der Waals surface area contributed by atoms with Crippen LogP contribution in [-0.2, 0) is 16.1 Å². The third-order valence-corrected chi connectivity index (χ3v) is 2.36. The molecule has 1 aromatic rings. The van der Waals surface area contributed by atoms with Gasteiger partial charge in [-0.1, -0.05) is 12.0 Å². The molecule has 1 rings (SSSR count). The van der Waals surface area contributed by atoms with Crippen molar-refractivity contribution in [3.63, 3.8) is 0 Å². The fraction of sp³-hybridized carbons (Fsp3) is 0.357. The monoisotopic (exact) mass is 247 g/mol. The highest BCUT2D eigenvalue weighted by Crippen LogP contribution is 2.20. The summed E-state index contributed by atoms with van der Waals surface area (Å²) >= 11 is 0. The maximum atomic E-state index is 10.3. The van der Waals surface area contributed by atoms with Crippen molar-refractivity contribution in [2.75, 3.05) is 20.3 Å². The number of hydrogen-bond donors (Lipinski definition) is 1. The van der Waals surface area contributed by atoms with Gasteiger partial charge in [-0.3, -0.25) is 4.79 Å². The summed E-state index contributed by atoms with van der Waals surface area (Å²) in [6, 6.07) is 5.48. The molecule has 96 valence electrons. The lowest BCUT2D eigenvalue weighted by Gasteiger charge is -2.11. The van der Waals surface area contributed by atoms with Gasteiger partial charge in [-0.15, -0.1) is 6.42 Å². The molecule has 1 amide bonds. The van der Waals surface area contributed by atoms with Crippen LogP contribution in [-0.4, -0.2) is 26.7 Å². The summed E-state index contributed by atoms with van der Waals surface area (Å²) in [5.74, 6) is 3.26. The van der Waals surface area contributed by atoms with Crippen molar-refractivity contribution in [2.24, 2.45) is 0 Å². The van der Waals surface area contributed by atoms with Crippen LogP contribution in [0.4, 0.5) is 0 Å². The van der Waals surface area contributed by atoms with Gasteiger partial charge in [-0.2, -0.15) is 0 Å². The van der Waals surface area contributed by atoms with E-state index in [4.69, 9.17) is 15.9 Å². The SMILES string of the molecule is C#Cc1ccc(CNC=O)c(OCCCOC)c1. The van der Waals surface area contributed by atoms with Gasteiger partial charge < -0.3 is 14.8 Å². The van der Waals surface area contributed by atoms with Crippen molar-refractivity contribution >= 4 is 6.41 Å². The molecule has 0 aliphatic rings. The summed E-state index contributed by atoms with van der Waals surface area (Å²) in [5, 5.41) is 2.61. The van der Waals surface area contributed by atoms with Crippen molar-refractivity contribution in [3.05, 3.63) is 29.3 Å². The number of terminal acetylenes is 1. The molecule has 4 heteroatoms. The highest BCUT2D eigenvalue weighted by Gasteiger charge is 2.04. The normalized spacial score (nSPS) is 9.56. The summed E-state index contributed by atoms with van der Waals surface area (Å²) in [6.07, 6.45) is 6.81. The van der Waals surface area contributed by atoms with Crippen LogP contribution in [0.2, 0.25) is 0 Å². The molecule has 0 aliphatic carbocycles. The molecular weight excluding hydrogens is 230 g/mol. The predicted molar refractivity (Wildman–Crippen MR) is 69.3 cm³/mol. The van der Waals surface area contributed by atoms with Gasteiger partial charge in [0.25, 0.3) is 0 Å². The van der Waals surface area contributed by atoms with E-state index >= 15 is 0 Å². The van der Waals surface area contributed by atoms with Crippen LogP contribution < -0.4 is 10.1 Å². The van der Waals surface area contributed by atoms with Crippen molar-refractivity contribution in [3.8, 4) is 18.1 Å². The van der Waals surface area contributed by atoms with Crippen LogP contribution >= 0.6 is 0 Å². The van der Waals surface area contributed by atoms with Crippen LogP contribution in [0, 0.1) is 12.3 Å². The van der Waals surface area contributed by atoms with Crippen LogP contribution in [0.3, 0.4) is 0 Å². The topological polar surface area (TPSA) is 47.6 Å². The van der Waals surface area contributed by atoms with Crippen molar-refractivity contribution in [1.29, 1.82) is 0 Å². The zero-order chi connectivity index (χ0) is 13.2. The molecule has 0 saturated heterocycles. The molecule has 0 saturated carbocycles. The second-order valence-corrected chi connectivity index (χ2v) is 3.66. The molecule has 0 unspecified atom stereocenters. The molecule has 0 heterocycles. The van der Waals surface area contributed by atoms with E-state index in [9.17, 15) is 4.79 Å². The molecule has 18 heavy (non-hydrogen) atoms. The Labute approximate surface area is 107 Å². The van der Waals surface area contributed by atoms with Crippen molar-refractivity contribution < 1.29 is 14.3 Å². The molecule has 0 spiro atoms. The predicted octanol–water partition coefficient (Wildman–Crippen LogP) is 1.33. The summed E-state index contributed by atoms with van der Waals surface area (Å²) in [5.41, 5.74) is 1.66. The first-order chi connectivity index (χ1) is 8.81. The Morgan fingerprint density at radius 2 is 2.28 bits per heavy atom. The average Bonchev–Trinajstić information content (AvgIpc) is 2.42. The van der Waals surface area contributed by atoms with E-state index in [0.29, 0.717) is 31.9 Å². The minimum atomic E-state index is 0.425. The number of carbonyl (C=O) groups is 1. The lowest BCUT2D eigenvalue weighted by Crippen LogP contribution is -2.12. The number of carbonyl (C=O) groups excluding carboxylic acids is 1. The number of rotatable bonds is 8. The number of ether oxygens (including phenoxy) is 2. The molecular formula is C14H17NO3. The second kappa shape index (κ2) is 8.15. The minimum absolute atomic E-state index is 0.425. The highest BCUT2D eigenvalue weighted by molar-refractivity contribution is 5.49. The van der Waals surface area contributed by atoms with E-state index in [1.807, 2.05) is 12.1 Å². The van der Waals surface area contributed by atoms with Crippen LogP contribution in [0.15, 0.2) is 18.2 Å².